The van der Waals surface area contributed by atoms with Gasteiger partial charge in [0.15, 0.2) is 11.4 Å². The predicted molar refractivity (Wildman–Crippen MR) is 46.1 cm³/mol. The Bertz CT molecular complexity index is 259. The molecule has 0 N–H and O–H groups in total. The number of ketones is 1. The van der Waals surface area contributed by atoms with Crippen LogP contribution in [0, 0.1) is 5.92 Å². The minimum atomic E-state index is -0.690. The van der Waals surface area contributed by atoms with Crippen molar-refractivity contribution in [3.05, 3.63) is 0 Å². The molecule has 0 unspecified atom stereocenters. The Morgan fingerprint density at radius 2 is 2.31 bits per heavy atom. The number of carbonyl (C=O) groups is 2. The molecule has 0 aromatic heterocycles. The Morgan fingerprint density at radius 3 is 2.85 bits per heavy atom. The number of fused-ring (bicyclic) bond motifs is 1. The third-order valence-corrected chi connectivity index (χ3v) is 3.24. The molecule has 2 atom stereocenters. The number of carbonyl (C=O) groups excluding carboxylic acids is 2. The lowest BCUT2D eigenvalue weighted by Gasteiger charge is -2.49. The monoisotopic (exact) mass is 182 g/mol. The lowest BCUT2D eigenvalue weighted by Crippen LogP contribution is -2.60. The summed E-state index contributed by atoms with van der Waals surface area (Å²) in [5, 5.41) is 0. The molecule has 2 saturated carbocycles. The molecule has 0 spiro atoms. The van der Waals surface area contributed by atoms with E-state index < -0.39 is 5.60 Å². The van der Waals surface area contributed by atoms with Crippen LogP contribution in [0.3, 0.4) is 0 Å². The summed E-state index contributed by atoms with van der Waals surface area (Å²) in [6, 6.07) is 0. The molecule has 13 heavy (non-hydrogen) atoms. The largest absolute Gasteiger partial charge is 0.451 e. The minimum absolute atomic E-state index is 0.132. The highest BCUT2D eigenvalue weighted by molar-refractivity contribution is 5.96. The van der Waals surface area contributed by atoms with Crippen molar-refractivity contribution in [3.63, 3.8) is 0 Å². The highest BCUT2D eigenvalue weighted by Gasteiger charge is 2.58. The second-order valence-electron chi connectivity index (χ2n) is 4.05. The van der Waals surface area contributed by atoms with E-state index in [0.717, 1.165) is 19.3 Å². The summed E-state index contributed by atoms with van der Waals surface area (Å²) in [5.74, 6) is 0.130. The molecular weight excluding hydrogens is 168 g/mol. The van der Waals surface area contributed by atoms with E-state index in [4.69, 9.17) is 4.74 Å². The molecule has 0 saturated heterocycles. The maximum absolute atomic E-state index is 11.4. The molecular formula is C10H14O3. The number of rotatable bonds is 1. The Morgan fingerprint density at radius 1 is 1.54 bits per heavy atom. The normalized spacial score (nSPS) is 37.6. The summed E-state index contributed by atoms with van der Waals surface area (Å²) < 4.78 is 5.20. The van der Waals surface area contributed by atoms with Crippen LogP contribution in [0.25, 0.3) is 0 Å². The molecule has 3 heteroatoms. The van der Waals surface area contributed by atoms with Crippen molar-refractivity contribution >= 4 is 11.8 Å². The van der Waals surface area contributed by atoms with E-state index in [-0.39, 0.29) is 11.8 Å². The van der Waals surface area contributed by atoms with Gasteiger partial charge in [0.05, 0.1) is 0 Å². The maximum Gasteiger partial charge on any atom is 0.303 e. The van der Waals surface area contributed by atoms with Crippen LogP contribution in [0.2, 0.25) is 0 Å². The summed E-state index contributed by atoms with van der Waals surface area (Å²) in [6.45, 7) is 1.38. The number of hydrogen-bond donors (Lipinski definition) is 0. The zero-order chi connectivity index (χ0) is 9.47. The molecule has 0 bridgehead atoms. The first-order chi connectivity index (χ1) is 6.15. The van der Waals surface area contributed by atoms with Crippen LogP contribution in [0.4, 0.5) is 0 Å². The Balaban J connectivity index is 2.15. The van der Waals surface area contributed by atoms with E-state index in [1.165, 1.54) is 13.3 Å². The van der Waals surface area contributed by atoms with Gasteiger partial charge in [0.25, 0.3) is 0 Å². The van der Waals surface area contributed by atoms with Gasteiger partial charge in [-0.25, -0.2) is 0 Å². The van der Waals surface area contributed by atoms with Gasteiger partial charge in [-0.05, 0) is 19.3 Å². The van der Waals surface area contributed by atoms with Gasteiger partial charge < -0.3 is 4.74 Å². The van der Waals surface area contributed by atoms with Crippen molar-refractivity contribution in [3.8, 4) is 0 Å². The van der Waals surface area contributed by atoms with Crippen molar-refractivity contribution in [2.24, 2.45) is 5.92 Å². The number of ether oxygens (including phenoxy) is 1. The van der Waals surface area contributed by atoms with Crippen LogP contribution < -0.4 is 0 Å². The molecule has 3 nitrogen and oxygen atoms in total. The average Bonchev–Trinajstić information content (AvgIpc) is 2.06. The SMILES string of the molecule is CC(=O)O[C@]12CCCC[C@H]1CC2=O. The van der Waals surface area contributed by atoms with Crippen LogP contribution in [0.1, 0.15) is 39.0 Å². The van der Waals surface area contributed by atoms with Gasteiger partial charge >= 0.3 is 5.97 Å². The van der Waals surface area contributed by atoms with Gasteiger partial charge in [-0.1, -0.05) is 6.42 Å². The topological polar surface area (TPSA) is 43.4 Å². The van der Waals surface area contributed by atoms with Gasteiger partial charge in [-0.15, -0.1) is 0 Å². The van der Waals surface area contributed by atoms with Gasteiger partial charge in [0.1, 0.15) is 0 Å². The number of hydrogen-bond acceptors (Lipinski definition) is 3. The lowest BCUT2D eigenvalue weighted by atomic mass is 9.60. The van der Waals surface area contributed by atoms with Crippen molar-refractivity contribution in [2.45, 2.75) is 44.6 Å². The van der Waals surface area contributed by atoms with E-state index >= 15 is 0 Å². The Labute approximate surface area is 77.4 Å². The summed E-state index contributed by atoms with van der Waals surface area (Å²) in [7, 11) is 0. The zero-order valence-corrected chi connectivity index (χ0v) is 7.84. The summed E-state index contributed by atoms with van der Waals surface area (Å²) in [6.07, 6.45) is 4.58. The van der Waals surface area contributed by atoms with E-state index in [1.54, 1.807) is 0 Å². The van der Waals surface area contributed by atoms with Crippen LogP contribution in [-0.2, 0) is 14.3 Å². The van der Waals surface area contributed by atoms with Crippen LogP contribution in [0.15, 0.2) is 0 Å². The van der Waals surface area contributed by atoms with E-state index in [0.29, 0.717) is 12.3 Å². The molecule has 0 aromatic carbocycles. The third kappa shape index (κ3) is 1.18. The smallest absolute Gasteiger partial charge is 0.303 e. The van der Waals surface area contributed by atoms with Crippen molar-refractivity contribution < 1.29 is 14.3 Å². The van der Waals surface area contributed by atoms with Crippen molar-refractivity contribution in [1.29, 1.82) is 0 Å². The van der Waals surface area contributed by atoms with E-state index in [1.807, 2.05) is 0 Å². The fraction of sp³-hybridized carbons (Fsp3) is 0.800. The number of Topliss-reactive ketones (excluding diaryl/α,β-unsaturated/α-hetero) is 1. The molecule has 72 valence electrons. The van der Waals surface area contributed by atoms with E-state index in [2.05, 4.69) is 0 Å². The highest BCUT2D eigenvalue weighted by Crippen LogP contribution is 2.48. The first-order valence-corrected chi connectivity index (χ1v) is 4.88. The summed E-state index contributed by atoms with van der Waals surface area (Å²) >= 11 is 0. The molecule has 0 aliphatic heterocycles. The molecule has 0 amide bonds. The maximum atomic E-state index is 11.4. The fourth-order valence-corrected chi connectivity index (χ4v) is 2.56. The van der Waals surface area contributed by atoms with Gasteiger partial charge in [-0.2, -0.15) is 0 Å². The van der Waals surface area contributed by atoms with E-state index in [9.17, 15) is 9.59 Å². The Hall–Kier alpha value is -0.860. The van der Waals surface area contributed by atoms with Crippen LogP contribution >= 0.6 is 0 Å². The lowest BCUT2D eigenvalue weighted by molar-refractivity contribution is -0.192. The zero-order valence-electron chi connectivity index (χ0n) is 7.84. The Kier molecular flexibility index (Phi) is 1.90. The first-order valence-electron chi connectivity index (χ1n) is 4.88. The molecule has 0 radical (unpaired) electrons. The predicted octanol–water partition coefficient (Wildman–Crippen LogP) is 1.45. The van der Waals surface area contributed by atoms with Gasteiger partial charge in [0.2, 0.25) is 0 Å². The summed E-state index contributed by atoms with van der Waals surface area (Å²) in [5.41, 5.74) is -0.690. The first kappa shape index (κ1) is 8.73. The standard InChI is InChI=1S/C10H14O3/c1-7(11)13-10-5-3-2-4-8(10)6-9(10)12/h8H,2-6H2,1H3/t8-,10+/m0/s1. The molecule has 2 aliphatic rings. The molecule has 0 aromatic rings. The fourth-order valence-electron chi connectivity index (χ4n) is 2.56. The third-order valence-electron chi connectivity index (χ3n) is 3.24. The van der Waals surface area contributed by atoms with Crippen molar-refractivity contribution in [1.82, 2.24) is 0 Å². The minimum Gasteiger partial charge on any atom is -0.451 e. The van der Waals surface area contributed by atoms with Crippen LogP contribution in [-0.4, -0.2) is 17.4 Å². The van der Waals surface area contributed by atoms with Crippen LogP contribution in [0.5, 0.6) is 0 Å². The molecule has 2 fully saturated rings. The number of esters is 1. The second kappa shape index (κ2) is 2.82. The average molecular weight is 182 g/mol. The molecule has 2 aliphatic carbocycles. The quantitative estimate of drug-likeness (QED) is 0.576. The molecule has 0 heterocycles. The van der Waals surface area contributed by atoms with Gasteiger partial charge in [0, 0.05) is 19.3 Å². The highest BCUT2D eigenvalue weighted by atomic mass is 16.6. The van der Waals surface area contributed by atoms with Gasteiger partial charge in [-0.3, -0.25) is 9.59 Å². The van der Waals surface area contributed by atoms with Crippen molar-refractivity contribution in [2.75, 3.05) is 0 Å². The second-order valence-corrected chi connectivity index (χ2v) is 4.05. The summed E-state index contributed by atoms with van der Waals surface area (Å²) in [4.78, 5) is 22.3. The molecule has 2 rings (SSSR count).